The van der Waals surface area contributed by atoms with Gasteiger partial charge in [-0.05, 0) is 17.7 Å². The fourth-order valence-corrected chi connectivity index (χ4v) is 2.09. The summed E-state index contributed by atoms with van der Waals surface area (Å²) < 4.78 is 40.2. The second-order valence-electron chi connectivity index (χ2n) is 5.06. The first-order valence-corrected chi connectivity index (χ1v) is 7.12. The zero-order chi connectivity index (χ0) is 17.7. The van der Waals surface area contributed by atoms with Crippen molar-refractivity contribution in [3.8, 4) is 0 Å². The van der Waals surface area contributed by atoms with Crippen molar-refractivity contribution in [2.45, 2.75) is 13.5 Å². The van der Waals surface area contributed by atoms with E-state index in [4.69, 9.17) is 0 Å². The molecule has 0 heterocycles. The Morgan fingerprint density at radius 3 is 2.29 bits per heavy atom. The number of benzene rings is 2. The van der Waals surface area contributed by atoms with Crippen LogP contribution in [0.2, 0.25) is 0 Å². The van der Waals surface area contributed by atoms with Crippen LogP contribution in [0.4, 0.5) is 18.9 Å². The first-order chi connectivity index (χ1) is 11.4. The molecule has 0 spiro atoms. The number of carbonyl (C=O) groups excluding carboxylic acids is 2. The molecule has 126 valence electrons. The largest absolute Gasteiger partial charge is 0.350 e. The normalized spacial score (nSPS) is 10.3. The van der Waals surface area contributed by atoms with Gasteiger partial charge in [0.1, 0.15) is 6.54 Å². The minimum atomic E-state index is -1.69. The van der Waals surface area contributed by atoms with Gasteiger partial charge in [0, 0.05) is 13.5 Å². The van der Waals surface area contributed by atoms with Crippen molar-refractivity contribution < 1.29 is 22.8 Å². The lowest BCUT2D eigenvalue weighted by atomic mass is 10.2. The van der Waals surface area contributed by atoms with Gasteiger partial charge in [0.15, 0.2) is 17.5 Å². The van der Waals surface area contributed by atoms with Gasteiger partial charge in [-0.1, -0.05) is 30.3 Å². The highest BCUT2D eigenvalue weighted by molar-refractivity contribution is 5.97. The minimum Gasteiger partial charge on any atom is -0.350 e. The molecule has 0 fully saturated rings. The Hall–Kier alpha value is -2.83. The van der Waals surface area contributed by atoms with E-state index >= 15 is 0 Å². The Morgan fingerprint density at radius 1 is 1.00 bits per heavy atom. The van der Waals surface area contributed by atoms with E-state index in [0.717, 1.165) is 23.5 Å². The molecule has 0 bridgehead atoms. The van der Waals surface area contributed by atoms with Crippen LogP contribution in [0, 0.1) is 17.5 Å². The van der Waals surface area contributed by atoms with Gasteiger partial charge in [-0.15, -0.1) is 0 Å². The average molecular weight is 336 g/mol. The van der Waals surface area contributed by atoms with Crippen molar-refractivity contribution in [2.24, 2.45) is 0 Å². The zero-order valence-corrected chi connectivity index (χ0v) is 12.9. The lowest BCUT2D eigenvalue weighted by Crippen LogP contribution is -2.40. The Labute approximate surface area is 136 Å². The number of hydrogen-bond acceptors (Lipinski definition) is 2. The van der Waals surface area contributed by atoms with Gasteiger partial charge in [-0.3, -0.25) is 9.59 Å². The number of anilines is 1. The smallest absolute Gasteiger partial charge is 0.240 e. The lowest BCUT2D eigenvalue weighted by molar-refractivity contribution is -0.123. The molecule has 0 aromatic heterocycles. The molecule has 0 aliphatic heterocycles. The van der Waals surface area contributed by atoms with E-state index in [-0.39, 0.29) is 6.54 Å². The summed E-state index contributed by atoms with van der Waals surface area (Å²) in [6, 6.07) is 10.7. The summed E-state index contributed by atoms with van der Waals surface area (Å²) in [6.45, 7) is 0.820. The van der Waals surface area contributed by atoms with E-state index in [9.17, 15) is 22.8 Å². The monoisotopic (exact) mass is 336 g/mol. The predicted octanol–water partition coefficient (Wildman–Crippen LogP) is 2.77. The summed E-state index contributed by atoms with van der Waals surface area (Å²) in [7, 11) is 0. The van der Waals surface area contributed by atoms with Crippen molar-refractivity contribution in [1.82, 2.24) is 5.32 Å². The summed E-state index contributed by atoms with van der Waals surface area (Å²) in [5.41, 5.74) is 0.357. The zero-order valence-electron chi connectivity index (χ0n) is 12.9. The molecule has 1 N–H and O–H groups in total. The fraction of sp³-hybridized carbons (Fsp3) is 0.176. The molecule has 2 rings (SSSR count). The van der Waals surface area contributed by atoms with Crippen LogP contribution in [-0.4, -0.2) is 18.4 Å². The van der Waals surface area contributed by atoms with Crippen LogP contribution >= 0.6 is 0 Å². The lowest BCUT2D eigenvalue weighted by Gasteiger charge is -2.21. The number of rotatable bonds is 5. The van der Waals surface area contributed by atoms with Gasteiger partial charge in [-0.25, -0.2) is 13.2 Å². The van der Waals surface area contributed by atoms with Gasteiger partial charge in [0.25, 0.3) is 0 Å². The molecule has 0 unspecified atom stereocenters. The van der Waals surface area contributed by atoms with Crippen LogP contribution in [0.15, 0.2) is 42.5 Å². The van der Waals surface area contributed by atoms with Gasteiger partial charge in [0.2, 0.25) is 11.8 Å². The summed E-state index contributed by atoms with van der Waals surface area (Å²) in [5.74, 6) is -5.80. The number of hydrogen-bond donors (Lipinski definition) is 1. The van der Waals surface area contributed by atoms with Gasteiger partial charge >= 0.3 is 0 Å². The third kappa shape index (κ3) is 4.13. The predicted molar refractivity (Wildman–Crippen MR) is 82.6 cm³/mol. The first-order valence-electron chi connectivity index (χ1n) is 7.12. The first kappa shape index (κ1) is 17.5. The second-order valence-corrected chi connectivity index (χ2v) is 5.06. The molecule has 24 heavy (non-hydrogen) atoms. The molecule has 2 aromatic rings. The van der Waals surface area contributed by atoms with Crippen LogP contribution in [0.5, 0.6) is 0 Å². The number of halogens is 3. The topological polar surface area (TPSA) is 49.4 Å². The summed E-state index contributed by atoms with van der Waals surface area (Å²) in [5, 5.41) is 2.58. The van der Waals surface area contributed by atoms with Crippen LogP contribution in [0.25, 0.3) is 0 Å². The third-order valence-electron chi connectivity index (χ3n) is 3.32. The van der Waals surface area contributed by atoms with E-state index < -0.39 is 41.5 Å². The van der Waals surface area contributed by atoms with Crippen molar-refractivity contribution in [3.63, 3.8) is 0 Å². The Kier molecular flexibility index (Phi) is 5.57. The molecule has 2 aromatic carbocycles. The van der Waals surface area contributed by atoms with Gasteiger partial charge in [0.05, 0.1) is 5.69 Å². The Morgan fingerprint density at radius 2 is 1.67 bits per heavy atom. The second kappa shape index (κ2) is 7.63. The molecule has 0 saturated carbocycles. The molecule has 4 nitrogen and oxygen atoms in total. The number of nitrogens with one attached hydrogen (secondary N) is 1. The van der Waals surface area contributed by atoms with Gasteiger partial charge in [-0.2, -0.15) is 0 Å². The third-order valence-corrected chi connectivity index (χ3v) is 3.32. The molecule has 2 amide bonds. The summed E-state index contributed by atoms with van der Waals surface area (Å²) in [4.78, 5) is 24.4. The van der Waals surface area contributed by atoms with E-state index in [1.807, 2.05) is 6.07 Å². The quantitative estimate of drug-likeness (QED) is 0.854. The van der Waals surface area contributed by atoms with Crippen LogP contribution in [-0.2, 0) is 16.1 Å². The number of nitrogens with zero attached hydrogens (tertiary/aromatic N) is 1. The van der Waals surface area contributed by atoms with Gasteiger partial charge < -0.3 is 10.2 Å². The fourth-order valence-electron chi connectivity index (χ4n) is 2.09. The molecule has 0 saturated heterocycles. The highest BCUT2D eigenvalue weighted by Gasteiger charge is 2.22. The van der Waals surface area contributed by atoms with E-state index in [0.29, 0.717) is 6.07 Å². The highest BCUT2D eigenvalue weighted by atomic mass is 19.2. The minimum absolute atomic E-state index is 0.228. The molecular weight excluding hydrogens is 321 g/mol. The summed E-state index contributed by atoms with van der Waals surface area (Å²) >= 11 is 0. The molecule has 0 aliphatic rings. The van der Waals surface area contributed by atoms with E-state index in [1.54, 1.807) is 24.3 Å². The highest BCUT2D eigenvalue weighted by Crippen LogP contribution is 2.23. The maximum atomic E-state index is 13.8. The summed E-state index contributed by atoms with van der Waals surface area (Å²) in [6.07, 6.45) is 0. The molecule has 0 radical (unpaired) electrons. The maximum absolute atomic E-state index is 13.8. The Balaban J connectivity index is 2.10. The number of amides is 2. The number of carbonyl (C=O) groups is 2. The maximum Gasteiger partial charge on any atom is 0.240 e. The van der Waals surface area contributed by atoms with E-state index in [1.165, 1.54) is 0 Å². The van der Waals surface area contributed by atoms with Crippen molar-refractivity contribution >= 4 is 17.5 Å². The molecule has 0 atom stereocenters. The van der Waals surface area contributed by atoms with Crippen LogP contribution < -0.4 is 10.2 Å². The average Bonchev–Trinajstić information content (AvgIpc) is 2.57. The molecular formula is C17H15F3N2O2. The van der Waals surface area contributed by atoms with Crippen molar-refractivity contribution in [2.75, 3.05) is 11.4 Å². The van der Waals surface area contributed by atoms with Crippen molar-refractivity contribution in [3.05, 3.63) is 65.5 Å². The standard InChI is InChI=1S/C17H15F3N2O2/c1-11(23)22(14-8-7-13(18)16(19)17(14)20)10-15(24)21-9-12-5-3-2-4-6-12/h2-8H,9-10H2,1H3,(H,21,24). The SMILES string of the molecule is CC(=O)N(CC(=O)NCc1ccccc1)c1ccc(F)c(F)c1F. The van der Waals surface area contributed by atoms with Crippen LogP contribution in [0.3, 0.4) is 0 Å². The molecule has 7 heteroatoms. The molecule has 0 aliphatic carbocycles. The van der Waals surface area contributed by atoms with E-state index in [2.05, 4.69) is 5.32 Å². The van der Waals surface area contributed by atoms with Crippen LogP contribution in [0.1, 0.15) is 12.5 Å². The Bertz CT molecular complexity index is 751. The van der Waals surface area contributed by atoms with Crippen molar-refractivity contribution in [1.29, 1.82) is 0 Å².